The second-order valence-corrected chi connectivity index (χ2v) is 18.1. The van der Waals surface area contributed by atoms with Gasteiger partial charge >= 0.3 is 0 Å². The van der Waals surface area contributed by atoms with Gasteiger partial charge < -0.3 is 0 Å². The summed E-state index contributed by atoms with van der Waals surface area (Å²) in [6.45, 7) is 4.87. The van der Waals surface area contributed by atoms with Crippen LogP contribution in [0, 0.1) is 0 Å². The van der Waals surface area contributed by atoms with Gasteiger partial charge in [0.05, 0.1) is 11.4 Å². The Hall–Kier alpha value is -6.16. The van der Waals surface area contributed by atoms with Crippen LogP contribution in [-0.2, 0) is 0 Å². The molecule has 0 amide bonds. The third-order valence-electron chi connectivity index (χ3n) is 10.3. The molecule has 0 radical (unpaired) electrons. The van der Waals surface area contributed by atoms with Gasteiger partial charge in [0.2, 0.25) is 0 Å². The minimum absolute atomic E-state index is 0.758. The number of rotatable bonds is 6. The second kappa shape index (κ2) is 12.6. The Bertz CT molecular complexity index is 2520. The van der Waals surface area contributed by atoms with E-state index in [9.17, 15) is 0 Å². The summed E-state index contributed by atoms with van der Waals surface area (Å²) in [5.41, 5.74) is 15.1. The molecule has 51 heavy (non-hydrogen) atoms. The Morgan fingerprint density at radius 2 is 0.725 bits per heavy atom. The molecule has 3 heteroatoms. The van der Waals surface area contributed by atoms with Crippen LogP contribution in [0.4, 0.5) is 0 Å². The van der Waals surface area contributed by atoms with E-state index in [1.807, 2.05) is 0 Å². The molecule has 242 valence electrons. The van der Waals surface area contributed by atoms with Crippen LogP contribution in [0.15, 0.2) is 182 Å². The quantitative estimate of drug-likeness (QED) is 0.165. The summed E-state index contributed by atoms with van der Waals surface area (Å²) in [6.07, 6.45) is 0. The highest BCUT2D eigenvalue weighted by Crippen LogP contribution is 2.35. The first-order valence-corrected chi connectivity index (χ1v) is 20.6. The molecule has 1 aliphatic rings. The maximum Gasteiger partial charge on any atom is 0.160 e. The number of fused-ring (bicyclic) bond motifs is 3. The van der Waals surface area contributed by atoms with E-state index in [-0.39, 0.29) is 0 Å². The lowest BCUT2D eigenvalue weighted by Crippen LogP contribution is -2.50. The van der Waals surface area contributed by atoms with E-state index in [0.717, 1.165) is 39.5 Å². The highest BCUT2D eigenvalue weighted by atomic mass is 28.3. The highest BCUT2D eigenvalue weighted by molar-refractivity contribution is 7.04. The summed E-state index contributed by atoms with van der Waals surface area (Å²) < 4.78 is 0. The Morgan fingerprint density at radius 1 is 0.333 bits per heavy atom. The van der Waals surface area contributed by atoms with Gasteiger partial charge in [-0.1, -0.05) is 183 Å². The van der Waals surface area contributed by atoms with Crippen LogP contribution >= 0.6 is 0 Å². The van der Waals surface area contributed by atoms with Crippen molar-refractivity contribution < 1.29 is 0 Å². The van der Waals surface area contributed by atoms with Crippen molar-refractivity contribution in [3.8, 4) is 78.4 Å². The molecule has 2 heterocycles. The Balaban J connectivity index is 1.10. The molecule has 0 fully saturated rings. The van der Waals surface area contributed by atoms with Crippen molar-refractivity contribution in [3.05, 3.63) is 182 Å². The van der Waals surface area contributed by atoms with Crippen LogP contribution in [0.25, 0.3) is 78.4 Å². The monoisotopic (exact) mass is 668 g/mol. The van der Waals surface area contributed by atoms with Crippen molar-refractivity contribution in [2.24, 2.45) is 0 Å². The zero-order valence-corrected chi connectivity index (χ0v) is 29.7. The molecule has 0 spiro atoms. The molecule has 0 saturated heterocycles. The molecule has 8 aromatic rings. The van der Waals surface area contributed by atoms with Crippen LogP contribution < -0.4 is 10.4 Å². The predicted molar refractivity (Wildman–Crippen MR) is 217 cm³/mol. The van der Waals surface area contributed by atoms with Gasteiger partial charge in [0, 0.05) is 11.1 Å². The SMILES string of the molecule is C[Si]1(C)c2ccccc2-c2nc(-c3cccc(-c4ccc(-c5cccc(-c6ccccc6)c5)cc4)c3)nc(-c3ccc(-c4ccccc4)cc3)c21. The lowest BCUT2D eigenvalue weighted by Gasteiger charge is -2.21. The van der Waals surface area contributed by atoms with Gasteiger partial charge in [-0.05, 0) is 72.6 Å². The summed E-state index contributed by atoms with van der Waals surface area (Å²) in [7, 11) is -2.06. The van der Waals surface area contributed by atoms with E-state index < -0.39 is 8.07 Å². The molecule has 1 aliphatic heterocycles. The van der Waals surface area contributed by atoms with Crippen molar-refractivity contribution in [2.45, 2.75) is 13.1 Å². The van der Waals surface area contributed by atoms with Crippen molar-refractivity contribution in [3.63, 3.8) is 0 Å². The van der Waals surface area contributed by atoms with Crippen LogP contribution in [0.1, 0.15) is 0 Å². The minimum Gasteiger partial charge on any atom is -0.228 e. The Labute approximate surface area is 300 Å². The van der Waals surface area contributed by atoms with E-state index >= 15 is 0 Å². The highest BCUT2D eigenvalue weighted by Gasteiger charge is 2.41. The van der Waals surface area contributed by atoms with E-state index in [4.69, 9.17) is 9.97 Å². The lowest BCUT2D eigenvalue weighted by atomic mass is 9.96. The Kier molecular flexibility index (Phi) is 7.64. The number of benzene rings is 7. The van der Waals surface area contributed by atoms with E-state index in [1.54, 1.807) is 0 Å². The third kappa shape index (κ3) is 5.62. The van der Waals surface area contributed by atoms with Gasteiger partial charge in [-0.2, -0.15) is 0 Å². The van der Waals surface area contributed by atoms with Gasteiger partial charge in [-0.3, -0.25) is 0 Å². The lowest BCUT2D eigenvalue weighted by molar-refractivity contribution is 1.20. The van der Waals surface area contributed by atoms with Crippen LogP contribution in [-0.4, -0.2) is 18.0 Å². The van der Waals surface area contributed by atoms with Gasteiger partial charge in [-0.15, -0.1) is 0 Å². The molecule has 1 aromatic heterocycles. The summed E-state index contributed by atoms with van der Waals surface area (Å²) in [4.78, 5) is 10.8. The van der Waals surface area contributed by atoms with Gasteiger partial charge in [0.15, 0.2) is 5.82 Å². The first-order chi connectivity index (χ1) is 25.0. The molecule has 9 rings (SSSR count). The van der Waals surface area contributed by atoms with Gasteiger partial charge in [0.1, 0.15) is 8.07 Å². The molecule has 7 aromatic carbocycles. The fraction of sp³-hybridized carbons (Fsp3) is 0.0417. The standard InChI is InChI=1S/C48H36N2Si/c1-51(2)44-22-10-9-21-43(44)46-47(51)45(38-29-27-35(28-30-38)33-13-5-3-6-14-33)49-48(50-46)42-20-12-19-41(32-42)37-25-23-36(24-26-37)40-18-11-17-39(31-40)34-15-7-4-8-16-34/h3-32H,1-2H3. The molecule has 0 N–H and O–H groups in total. The Morgan fingerprint density at radius 3 is 1.31 bits per heavy atom. The molecule has 0 bridgehead atoms. The maximum absolute atomic E-state index is 5.41. The van der Waals surface area contributed by atoms with E-state index in [2.05, 4.69) is 195 Å². The number of hydrogen-bond acceptors (Lipinski definition) is 2. The summed E-state index contributed by atoms with van der Waals surface area (Å²) in [5, 5.41) is 2.75. The first-order valence-electron chi connectivity index (χ1n) is 17.6. The molecule has 0 saturated carbocycles. The zero-order chi connectivity index (χ0) is 34.4. The maximum atomic E-state index is 5.41. The van der Waals surface area contributed by atoms with Crippen LogP contribution in [0.2, 0.25) is 13.1 Å². The van der Waals surface area contributed by atoms with Crippen molar-refractivity contribution in [2.75, 3.05) is 0 Å². The molecular weight excluding hydrogens is 633 g/mol. The average molecular weight is 669 g/mol. The van der Waals surface area contributed by atoms with E-state index in [1.165, 1.54) is 49.3 Å². The molecule has 2 nitrogen and oxygen atoms in total. The zero-order valence-electron chi connectivity index (χ0n) is 28.7. The molecule has 0 aliphatic carbocycles. The summed E-state index contributed by atoms with van der Waals surface area (Å²) in [6, 6.07) is 65.2. The van der Waals surface area contributed by atoms with Crippen molar-refractivity contribution in [1.29, 1.82) is 0 Å². The second-order valence-electron chi connectivity index (χ2n) is 13.8. The third-order valence-corrected chi connectivity index (χ3v) is 13.8. The fourth-order valence-corrected chi connectivity index (χ4v) is 10.8. The van der Waals surface area contributed by atoms with Crippen molar-refractivity contribution >= 4 is 18.4 Å². The summed E-state index contributed by atoms with van der Waals surface area (Å²) >= 11 is 0. The fourth-order valence-electron chi connectivity index (χ4n) is 7.61. The topological polar surface area (TPSA) is 25.8 Å². The predicted octanol–water partition coefficient (Wildman–Crippen LogP) is 11.3. The number of nitrogens with zero attached hydrogens (tertiary/aromatic N) is 2. The van der Waals surface area contributed by atoms with Crippen LogP contribution in [0.5, 0.6) is 0 Å². The largest absolute Gasteiger partial charge is 0.228 e. The average Bonchev–Trinajstić information content (AvgIpc) is 3.44. The number of aromatic nitrogens is 2. The van der Waals surface area contributed by atoms with Gasteiger partial charge in [0.25, 0.3) is 0 Å². The number of hydrogen-bond donors (Lipinski definition) is 0. The van der Waals surface area contributed by atoms with Crippen molar-refractivity contribution in [1.82, 2.24) is 9.97 Å². The summed E-state index contributed by atoms with van der Waals surface area (Å²) in [5.74, 6) is 0.758. The van der Waals surface area contributed by atoms with Gasteiger partial charge in [-0.25, -0.2) is 9.97 Å². The first kappa shape index (κ1) is 30.9. The molecule has 0 atom stereocenters. The molecule has 0 unspecified atom stereocenters. The minimum atomic E-state index is -2.06. The normalized spacial score (nSPS) is 12.7. The van der Waals surface area contributed by atoms with E-state index in [0.29, 0.717) is 0 Å². The smallest absolute Gasteiger partial charge is 0.160 e. The van der Waals surface area contributed by atoms with Crippen LogP contribution in [0.3, 0.4) is 0 Å². The molecular formula is C48H36N2Si.